The number of nitrogens with one attached hydrogen (secondary N) is 1. The van der Waals surface area contributed by atoms with E-state index in [4.69, 9.17) is 0 Å². The van der Waals surface area contributed by atoms with Crippen LogP contribution in [0.4, 0.5) is 5.13 Å². The smallest absolute Gasteiger partial charge is 0.203 e. The summed E-state index contributed by atoms with van der Waals surface area (Å²) in [7, 11) is 0. The van der Waals surface area contributed by atoms with Gasteiger partial charge in [0.15, 0.2) is 0 Å². The van der Waals surface area contributed by atoms with Crippen LogP contribution in [-0.4, -0.2) is 11.2 Å². The number of aromatic nitrogens is 1. The molecule has 1 aliphatic carbocycles. The third-order valence-corrected chi connectivity index (χ3v) is 3.24. The van der Waals surface area contributed by atoms with Crippen molar-refractivity contribution in [2.24, 2.45) is 11.0 Å². The second-order valence-corrected chi connectivity index (χ2v) is 4.59. The van der Waals surface area contributed by atoms with Crippen molar-refractivity contribution in [3.8, 4) is 0 Å². The first-order valence-electron chi connectivity index (χ1n) is 5.21. The van der Waals surface area contributed by atoms with E-state index in [9.17, 15) is 0 Å². The Morgan fingerprint density at radius 3 is 3.20 bits per heavy atom. The quantitative estimate of drug-likeness (QED) is 0.483. The zero-order valence-electron chi connectivity index (χ0n) is 8.81. The molecule has 4 heteroatoms. The van der Waals surface area contributed by atoms with E-state index in [-0.39, 0.29) is 0 Å². The molecule has 0 saturated carbocycles. The zero-order valence-corrected chi connectivity index (χ0v) is 9.63. The highest BCUT2D eigenvalue weighted by molar-refractivity contribution is 7.13. The first kappa shape index (κ1) is 10.4. The Labute approximate surface area is 93.9 Å². The van der Waals surface area contributed by atoms with Crippen molar-refractivity contribution in [1.29, 1.82) is 0 Å². The second-order valence-electron chi connectivity index (χ2n) is 3.73. The predicted octanol–water partition coefficient (Wildman–Crippen LogP) is 3.21. The first-order chi connectivity index (χ1) is 7.34. The van der Waals surface area contributed by atoms with Crippen LogP contribution < -0.4 is 5.43 Å². The lowest BCUT2D eigenvalue weighted by Crippen LogP contribution is -2.04. The summed E-state index contributed by atoms with van der Waals surface area (Å²) in [6.07, 6.45) is 9.96. The van der Waals surface area contributed by atoms with E-state index in [1.54, 1.807) is 11.3 Å². The molecule has 1 aromatic heterocycles. The van der Waals surface area contributed by atoms with E-state index in [1.165, 1.54) is 12.8 Å². The minimum atomic E-state index is 0.587. The molecular weight excluding hydrogens is 206 g/mol. The summed E-state index contributed by atoms with van der Waals surface area (Å²) in [6.45, 7) is 1.98. The Morgan fingerprint density at radius 2 is 2.53 bits per heavy atom. The second kappa shape index (κ2) is 5.07. The van der Waals surface area contributed by atoms with Crippen LogP contribution in [0.25, 0.3) is 0 Å². The number of nitrogens with zero attached hydrogens (tertiary/aromatic N) is 2. The standard InChI is InChI=1S/C11H15N3S/c1-9-8-15-11(13-9)14-12-7-10-5-3-2-4-6-10/h2-3,7-8,10H,4-6H2,1H3,(H,13,14). The van der Waals surface area contributed by atoms with E-state index in [0.717, 1.165) is 17.2 Å². The lowest BCUT2D eigenvalue weighted by atomic mass is 9.96. The van der Waals surface area contributed by atoms with Gasteiger partial charge in [0.2, 0.25) is 5.13 Å². The van der Waals surface area contributed by atoms with Gasteiger partial charge in [-0.25, -0.2) is 4.98 Å². The fourth-order valence-electron chi connectivity index (χ4n) is 1.56. The minimum absolute atomic E-state index is 0.587. The highest BCUT2D eigenvalue weighted by atomic mass is 32.1. The molecule has 1 aliphatic rings. The van der Waals surface area contributed by atoms with Crippen molar-refractivity contribution in [2.75, 3.05) is 5.43 Å². The van der Waals surface area contributed by atoms with Crippen molar-refractivity contribution >= 4 is 22.7 Å². The van der Waals surface area contributed by atoms with Crippen molar-refractivity contribution in [3.63, 3.8) is 0 Å². The normalized spacial score (nSPS) is 21.0. The van der Waals surface area contributed by atoms with Crippen molar-refractivity contribution in [2.45, 2.75) is 26.2 Å². The molecule has 0 amide bonds. The van der Waals surface area contributed by atoms with Gasteiger partial charge in [-0.05, 0) is 32.1 Å². The van der Waals surface area contributed by atoms with Crippen LogP contribution >= 0.6 is 11.3 Å². The van der Waals surface area contributed by atoms with Crippen LogP contribution in [0.1, 0.15) is 25.0 Å². The van der Waals surface area contributed by atoms with Gasteiger partial charge in [0.05, 0.1) is 5.69 Å². The average molecular weight is 221 g/mol. The van der Waals surface area contributed by atoms with E-state index < -0.39 is 0 Å². The van der Waals surface area contributed by atoms with E-state index >= 15 is 0 Å². The highest BCUT2D eigenvalue weighted by Gasteiger charge is 2.06. The average Bonchev–Trinajstić information content (AvgIpc) is 2.66. The van der Waals surface area contributed by atoms with Crippen LogP contribution in [0.2, 0.25) is 0 Å². The van der Waals surface area contributed by atoms with Gasteiger partial charge in [0.25, 0.3) is 0 Å². The number of hydrogen-bond acceptors (Lipinski definition) is 4. The number of allylic oxidation sites excluding steroid dienone is 2. The Balaban J connectivity index is 1.82. The molecule has 15 heavy (non-hydrogen) atoms. The molecule has 0 aliphatic heterocycles. The summed E-state index contributed by atoms with van der Waals surface area (Å²) in [6, 6.07) is 0. The highest BCUT2D eigenvalue weighted by Crippen LogP contribution is 2.17. The van der Waals surface area contributed by atoms with Gasteiger partial charge in [0.1, 0.15) is 0 Å². The molecule has 0 spiro atoms. The van der Waals surface area contributed by atoms with Gasteiger partial charge in [-0.3, -0.25) is 5.43 Å². The van der Waals surface area contributed by atoms with Crippen molar-refractivity contribution in [3.05, 3.63) is 23.2 Å². The molecule has 80 valence electrons. The monoisotopic (exact) mass is 221 g/mol. The summed E-state index contributed by atoms with van der Waals surface area (Å²) in [5, 5.41) is 7.10. The Hall–Kier alpha value is -1.16. The number of aryl methyl sites for hydroxylation is 1. The largest absolute Gasteiger partial charge is 0.253 e. The fraction of sp³-hybridized carbons (Fsp3) is 0.455. The minimum Gasteiger partial charge on any atom is -0.253 e. The van der Waals surface area contributed by atoms with Crippen molar-refractivity contribution in [1.82, 2.24) is 4.98 Å². The third-order valence-electron chi connectivity index (χ3n) is 2.37. The first-order valence-corrected chi connectivity index (χ1v) is 6.09. The van der Waals surface area contributed by atoms with Crippen LogP contribution in [0.5, 0.6) is 0 Å². The zero-order chi connectivity index (χ0) is 10.5. The van der Waals surface area contributed by atoms with E-state index in [0.29, 0.717) is 5.92 Å². The molecular formula is C11H15N3S. The predicted molar refractivity (Wildman–Crippen MR) is 65.4 cm³/mol. The summed E-state index contributed by atoms with van der Waals surface area (Å²) < 4.78 is 0. The fourth-order valence-corrected chi connectivity index (χ4v) is 2.19. The molecule has 0 aromatic carbocycles. The molecule has 1 atom stereocenters. The molecule has 3 nitrogen and oxygen atoms in total. The lowest BCUT2D eigenvalue weighted by molar-refractivity contribution is 0.627. The molecule has 2 rings (SSSR count). The molecule has 0 fully saturated rings. The van der Waals surface area contributed by atoms with Gasteiger partial charge in [-0.2, -0.15) is 5.10 Å². The van der Waals surface area contributed by atoms with Crippen LogP contribution in [0.3, 0.4) is 0 Å². The lowest BCUT2D eigenvalue weighted by Gasteiger charge is -2.11. The molecule has 1 aromatic rings. The molecule has 1 unspecified atom stereocenters. The SMILES string of the molecule is Cc1csc(NN=CC2CC=CCC2)n1. The van der Waals surface area contributed by atoms with Crippen LogP contribution in [0.15, 0.2) is 22.6 Å². The number of thiazole rings is 1. The Bertz CT molecular complexity index is 368. The van der Waals surface area contributed by atoms with E-state index in [2.05, 4.69) is 27.7 Å². The molecule has 1 N–H and O–H groups in total. The summed E-state index contributed by atoms with van der Waals surface area (Å²) in [5.41, 5.74) is 4.01. The molecule has 0 bridgehead atoms. The van der Waals surface area contributed by atoms with Crippen LogP contribution in [-0.2, 0) is 0 Å². The topological polar surface area (TPSA) is 37.3 Å². The van der Waals surface area contributed by atoms with E-state index in [1.807, 2.05) is 18.5 Å². The van der Waals surface area contributed by atoms with Crippen LogP contribution in [0, 0.1) is 12.8 Å². The maximum absolute atomic E-state index is 4.27. The summed E-state index contributed by atoms with van der Waals surface area (Å²) >= 11 is 1.59. The number of hydrazone groups is 1. The van der Waals surface area contributed by atoms with Crippen molar-refractivity contribution < 1.29 is 0 Å². The third kappa shape index (κ3) is 3.16. The molecule has 1 heterocycles. The maximum Gasteiger partial charge on any atom is 0.203 e. The summed E-state index contributed by atoms with van der Waals surface area (Å²) in [4.78, 5) is 4.27. The summed E-state index contributed by atoms with van der Waals surface area (Å²) in [5.74, 6) is 0.587. The Kier molecular flexibility index (Phi) is 3.50. The van der Waals surface area contributed by atoms with Gasteiger partial charge in [-0.1, -0.05) is 12.2 Å². The van der Waals surface area contributed by atoms with Gasteiger partial charge in [0, 0.05) is 11.6 Å². The number of anilines is 1. The van der Waals surface area contributed by atoms with Gasteiger partial charge >= 0.3 is 0 Å². The Morgan fingerprint density at radius 1 is 1.60 bits per heavy atom. The molecule has 0 radical (unpaired) electrons. The van der Waals surface area contributed by atoms with Gasteiger partial charge < -0.3 is 0 Å². The maximum atomic E-state index is 4.27. The number of hydrogen-bond donors (Lipinski definition) is 1. The van der Waals surface area contributed by atoms with Gasteiger partial charge in [-0.15, -0.1) is 11.3 Å². The number of rotatable bonds is 3. The molecule has 0 saturated heterocycles.